The molecular formula is C15H29N3O. The van der Waals surface area contributed by atoms with E-state index < -0.39 is 0 Å². The minimum atomic E-state index is 0.112. The Morgan fingerprint density at radius 1 is 1.16 bits per heavy atom. The maximum atomic E-state index is 5.59. The van der Waals surface area contributed by atoms with Crippen LogP contribution in [0.3, 0.4) is 0 Å². The second kappa shape index (κ2) is 7.08. The minimum absolute atomic E-state index is 0.112. The quantitative estimate of drug-likeness (QED) is 0.820. The highest BCUT2D eigenvalue weighted by atomic mass is 16.3. The van der Waals surface area contributed by atoms with E-state index in [0.717, 1.165) is 31.9 Å². The average molecular weight is 267 g/mol. The lowest BCUT2D eigenvalue weighted by molar-refractivity contribution is 0.273. The highest BCUT2D eigenvalue weighted by Gasteiger charge is 2.13. The van der Waals surface area contributed by atoms with Crippen molar-refractivity contribution in [3.05, 3.63) is 23.7 Å². The number of nitrogens with one attached hydrogen (secondary N) is 1. The van der Waals surface area contributed by atoms with Crippen LogP contribution in [0.5, 0.6) is 0 Å². The van der Waals surface area contributed by atoms with Crippen LogP contribution in [0.2, 0.25) is 0 Å². The van der Waals surface area contributed by atoms with Crippen LogP contribution in [0.1, 0.15) is 32.1 Å². The lowest BCUT2D eigenvalue weighted by Crippen LogP contribution is -2.35. The van der Waals surface area contributed by atoms with E-state index in [1.165, 1.54) is 5.56 Å². The zero-order valence-electron chi connectivity index (χ0n) is 13.3. The van der Waals surface area contributed by atoms with Gasteiger partial charge in [0.25, 0.3) is 0 Å². The molecule has 0 atom stereocenters. The number of nitrogens with zero attached hydrogens (tertiary/aromatic N) is 2. The van der Waals surface area contributed by atoms with Crippen molar-refractivity contribution in [1.82, 2.24) is 15.1 Å². The van der Waals surface area contributed by atoms with Gasteiger partial charge >= 0.3 is 0 Å². The molecular weight excluding hydrogens is 238 g/mol. The van der Waals surface area contributed by atoms with Crippen LogP contribution in [-0.2, 0) is 13.1 Å². The van der Waals surface area contributed by atoms with Crippen LogP contribution in [0.15, 0.2) is 16.7 Å². The third-order valence-corrected chi connectivity index (χ3v) is 2.99. The summed E-state index contributed by atoms with van der Waals surface area (Å²) in [6, 6.07) is 2.08. The first-order valence-electron chi connectivity index (χ1n) is 6.91. The van der Waals surface area contributed by atoms with E-state index in [1.807, 2.05) is 0 Å². The van der Waals surface area contributed by atoms with Crippen molar-refractivity contribution >= 4 is 0 Å². The molecule has 4 heteroatoms. The van der Waals surface area contributed by atoms with Crippen molar-refractivity contribution in [3.8, 4) is 0 Å². The first-order chi connectivity index (χ1) is 8.78. The van der Waals surface area contributed by atoms with E-state index in [0.29, 0.717) is 0 Å². The summed E-state index contributed by atoms with van der Waals surface area (Å²) in [5.74, 6) is 1.05. The minimum Gasteiger partial charge on any atom is -0.468 e. The normalized spacial score (nSPS) is 12.6. The van der Waals surface area contributed by atoms with Gasteiger partial charge in [0.2, 0.25) is 0 Å². The molecule has 0 aliphatic carbocycles. The van der Waals surface area contributed by atoms with Crippen molar-refractivity contribution in [1.29, 1.82) is 0 Å². The van der Waals surface area contributed by atoms with E-state index in [4.69, 9.17) is 4.42 Å². The largest absolute Gasteiger partial charge is 0.468 e. The molecule has 4 nitrogen and oxygen atoms in total. The number of rotatable bonds is 7. The maximum Gasteiger partial charge on any atom is 0.122 e. The Labute approximate surface area is 117 Å². The van der Waals surface area contributed by atoms with Gasteiger partial charge in [0, 0.05) is 30.7 Å². The predicted molar refractivity (Wildman–Crippen MR) is 80.2 cm³/mol. The molecule has 0 radical (unpaired) electrons. The van der Waals surface area contributed by atoms with Crippen LogP contribution >= 0.6 is 0 Å². The molecule has 0 aliphatic rings. The molecule has 19 heavy (non-hydrogen) atoms. The first kappa shape index (κ1) is 16.2. The molecule has 0 aromatic carbocycles. The Morgan fingerprint density at radius 2 is 1.84 bits per heavy atom. The number of hydrogen-bond donors (Lipinski definition) is 1. The zero-order valence-corrected chi connectivity index (χ0v) is 13.3. The lowest BCUT2D eigenvalue weighted by Gasteiger charge is -2.21. The molecule has 0 unspecified atom stereocenters. The molecule has 0 fully saturated rings. The summed E-state index contributed by atoms with van der Waals surface area (Å²) in [4.78, 5) is 4.53. The van der Waals surface area contributed by atoms with Crippen molar-refractivity contribution in [2.75, 3.05) is 34.2 Å². The second-order valence-electron chi connectivity index (χ2n) is 6.51. The van der Waals surface area contributed by atoms with Gasteiger partial charge in [-0.25, -0.2) is 0 Å². The highest BCUT2D eigenvalue weighted by Crippen LogP contribution is 2.14. The molecule has 0 amide bonds. The van der Waals surface area contributed by atoms with Crippen molar-refractivity contribution in [3.63, 3.8) is 0 Å². The average Bonchev–Trinajstić information content (AvgIpc) is 2.70. The molecule has 110 valence electrons. The first-order valence-corrected chi connectivity index (χ1v) is 6.91. The third-order valence-electron chi connectivity index (χ3n) is 2.99. The highest BCUT2D eigenvalue weighted by molar-refractivity contribution is 5.17. The van der Waals surface area contributed by atoms with Crippen molar-refractivity contribution in [2.24, 2.45) is 0 Å². The summed E-state index contributed by atoms with van der Waals surface area (Å²) in [7, 11) is 6.35. The number of furan rings is 1. The topological polar surface area (TPSA) is 31.6 Å². The molecule has 0 aliphatic heterocycles. The summed E-state index contributed by atoms with van der Waals surface area (Å²) in [5.41, 5.74) is 1.39. The Balaban J connectivity index is 2.48. The fourth-order valence-electron chi connectivity index (χ4n) is 1.75. The molecule has 1 heterocycles. The van der Waals surface area contributed by atoms with E-state index >= 15 is 0 Å². The van der Waals surface area contributed by atoms with Gasteiger partial charge in [-0.1, -0.05) is 0 Å². The monoisotopic (exact) mass is 267 g/mol. The molecule has 1 rings (SSSR count). The fourth-order valence-corrected chi connectivity index (χ4v) is 1.75. The van der Waals surface area contributed by atoms with Crippen LogP contribution in [0.25, 0.3) is 0 Å². The molecule has 0 bridgehead atoms. The summed E-state index contributed by atoms with van der Waals surface area (Å²) in [6.45, 7) is 10.4. The lowest BCUT2D eigenvalue weighted by atomic mass is 10.1. The van der Waals surface area contributed by atoms with Crippen LogP contribution in [0.4, 0.5) is 0 Å². The Hall–Kier alpha value is -0.840. The molecule has 0 saturated carbocycles. The SMILES string of the molecule is CN(C)CCN(C)Cc1ccoc1CNC(C)(C)C. The predicted octanol–water partition coefficient (Wildman–Crippen LogP) is 2.16. The van der Waals surface area contributed by atoms with Crippen LogP contribution in [0, 0.1) is 0 Å². The fraction of sp³-hybridized carbons (Fsp3) is 0.733. The van der Waals surface area contributed by atoms with Gasteiger partial charge in [-0.15, -0.1) is 0 Å². The van der Waals surface area contributed by atoms with Gasteiger partial charge in [-0.05, 0) is 48.0 Å². The summed E-state index contributed by atoms with van der Waals surface area (Å²) < 4.78 is 5.59. The molecule has 1 N–H and O–H groups in total. The van der Waals surface area contributed by atoms with Crippen LogP contribution < -0.4 is 5.32 Å². The second-order valence-corrected chi connectivity index (χ2v) is 6.51. The Kier molecular flexibility index (Phi) is 6.04. The van der Waals surface area contributed by atoms with E-state index in [9.17, 15) is 0 Å². The standard InChI is InChI=1S/C15H29N3O/c1-15(2,3)16-11-14-13(7-10-19-14)12-18(6)9-8-17(4)5/h7,10,16H,8-9,11-12H2,1-6H3. The third kappa shape index (κ3) is 6.76. The maximum absolute atomic E-state index is 5.59. The molecule has 1 aromatic heterocycles. The van der Waals surface area contributed by atoms with Crippen molar-refractivity contribution < 1.29 is 4.42 Å². The van der Waals surface area contributed by atoms with Gasteiger partial charge in [0.05, 0.1) is 12.8 Å². The van der Waals surface area contributed by atoms with Gasteiger partial charge in [0.15, 0.2) is 0 Å². The summed E-state index contributed by atoms with van der Waals surface area (Å²) in [5, 5.41) is 3.47. The smallest absolute Gasteiger partial charge is 0.122 e. The molecule has 1 aromatic rings. The molecule has 0 saturated heterocycles. The van der Waals surface area contributed by atoms with Gasteiger partial charge in [-0.3, -0.25) is 0 Å². The number of likely N-dealkylation sites (N-methyl/N-ethyl adjacent to an activating group) is 2. The zero-order chi connectivity index (χ0) is 14.5. The number of hydrogen-bond acceptors (Lipinski definition) is 4. The summed E-state index contributed by atoms with van der Waals surface area (Å²) >= 11 is 0. The summed E-state index contributed by atoms with van der Waals surface area (Å²) in [6.07, 6.45) is 1.79. The van der Waals surface area contributed by atoms with E-state index in [2.05, 4.69) is 63.1 Å². The van der Waals surface area contributed by atoms with E-state index in [1.54, 1.807) is 6.26 Å². The Morgan fingerprint density at radius 3 is 2.42 bits per heavy atom. The van der Waals surface area contributed by atoms with E-state index in [-0.39, 0.29) is 5.54 Å². The molecule has 0 spiro atoms. The van der Waals surface area contributed by atoms with Gasteiger partial charge in [-0.2, -0.15) is 0 Å². The van der Waals surface area contributed by atoms with Crippen LogP contribution in [-0.4, -0.2) is 49.6 Å². The van der Waals surface area contributed by atoms with Crippen molar-refractivity contribution in [2.45, 2.75) is 39.4 Å². The van der Waals surface area contributed by atoms with Gasteiger partial charge < -0.3 is 19.5 Å². The van der Waals surface area contributed by atoms with Gasteiger partial charge in [0.1, 0.15) is 5.76 Å². The Bertz CT molecular complexity index is 366.